The van der Waals surface area contributed by atoms with Gasteiger partial charge in [-0.15, -0.1) is 0 Å². The highest BCUT2D eigenvalue weighted by atomic mass is 16.3. The maximum Gasteiger partial charge on any atom is 0.251 e. The highest BCUT2D eigenvalue weighted by molar-refractivity contribution is 5.94. The lowest BCUT2D eigenvalue weighted by atomic mass is 10.1. The van der Waals surface area contributed by atoms with Crippen LogP contribution in [0.3, 0.4) is 0 Å². The molecule has 0 spiro atoms. The molecule has 4 nitrogen and oxygen atoms in total. The van der Waals surface area contributed by atoms with Crippen LogP contribution < -0.4 is 10.2 Å². The summed E-state index contributed by atoms with van der Waals surface area (Å²) in [5.41, 5.74) is 1.79. The first-order chi connectivity index (χ1) is 9.65. The molecule has 20 heavy (non-hydrogen) atoms. The molecule has 0 aliphatic heterocycles. The van der Waals surface area contributed by atoms with Crippen molar-refractivity contribution in [3.8, 4) is 0 Å². The van der Waals surface area contributed by atoms with Crippen molar-refractivity contribution in [3.63, 3.8) is 0 Å². The van der Waals surface area contributed by atoms with Gasteiger partial charge in [0.2, 0.25) is 0 Å². The molecule has 2 N–H and O–H groups in total. The monoisotopic (exact) mass is 276 g/mol. The molecular weight excluding hydrogens is 252 g/mol. The topological polar surface area (TPSA) is 52.6 Å². The van der Waals surface area contributed by atoms with Crippen LogP contribution >= 0.6 is 0 Å². The van der Waals surface area contributed by atoms with E-state index in [0.717, 1.165) is 25.1 Å². The normalized spacial score (nSPS) is 15.8. The zero-order valence-corrected chi connectivity index (χ0v) is 12.3. The molecule has 4 heteroatoms. The fourth-order valence-corrected chi connectivity index (χ4v) is 2.36. The van der Waals surface area contributed by atoms with Crippen molar-refractivity contribution in [1.82, 2.24) is 5.32 Å². The molecule has 2 rings (SSSR count). The summed E-state index contributed by atoms with van der Waals surface area (Å²) >= 11 is 0. The number of aliphatic hydroxyl groups excluding tert-OH is 1. The maximum atomic E-state index is 12.2. The van der Waals surface area contributed by atoms with Crippen molar-refractivity contribution >= 4 is 11.6 Å². The molecule has 1 saturated carbocycles. The summed E-state index contributed by atoms with van der Waals surface area (Å²) in [7, 11) is 2.03. The number of nitrogens with one attached hydrogen (secondary N) is 1. The lowest BCUT2D eigenvalue weighted by Gasteiger charge is -2.19. The van der Waals surface area contributed by atoms with E-state index in [-0.39, 0.29) is 18.6 Å². The van der Waals surface area contributed by atoms with Gasteiger partial charge in [0.05, 0.1) is 0 Å². The van der Waals surface area contributed by atoms with Gasteiger partial charge in [0.15, 0.2) is 0 Å². The van der Waals surface area contributed by atoms with Crippen LogP contribution in [0.25, 0.3) is 0 Å². The standard InChI is InChI=1S/C16H24N2O2/c1-3-18(2)14-8-6-13(7-9-14)16(20)17-15(10-11-19)12-4-5-12/h6-9,12,15,19H,3-5,10-11H2,1-2H3,(H,17,20). The summed E-state index contributed by atoms with van der Waals surface area (Å²) in [4.78, 5) is 14.3. The quantitative estimate of drug-likeness (QED) is 0.801. The molecule has 1 aromatic rings. The van der Waals surface area contributed by atoms with Gasteiger partial charge in [0.1, 0.15) is 0 Å². The van der Waals surface area contributed by atoms with Gasteiger partial charge < -0.3 is 15.3 Å². The van der Waals surface area contributed by atoms with Crippen LogP contribution in [0.4, 0.5) is 5.69 Å². The van der Waals surface area contributed by atoms with E-state index in [1.165, 1.54) is 0 Å². The van der Waals surface area contributed by atoms with Gasteiger partial charge in [-0.25, -0.2) is 0 Å². The van der Waals surface area contributed by atoms with Crippen molar-refractivity contribution in [1.29, 1.82) is 0 Å². The highest BCUT2D eigenvalue weighted by Gasteiger charge is 2.31. The van der Waals surface area contributed by atoms with Gasteiger partial charge in [0, 0.05) is 37.5 Å². The second kappa shape index (κ2) is 6.75. The van der Waals surface area contributed by atoms with E-state index in [9.17, 15) is 4.79 Å². The summed E-state index contributed by atoms with van der Waals surface area (Å²) in [6.45, 7) is 3.16. The first kappa shape index (κ1) is 14.9. The van der Waals surface area contributed by atoms with Crippen LogP contribution in [0.1, 0.15) is 36.5 Å². The Morgan fingerprint density at radius 2 is 2.05 bits per heavy atom. The molecule has 1 aromatic carbocycles. The van der Waals surface area contributed by atoms with Crippen LogP contribution in [-0.4, -0.2) is 37.3 Å². The van der Waals surface area contributed by atoms with Crippen LogP contribution in [0.5, 0.6) is 0 Å². The van der Waals surface area contributed by atoms with E-state index in [0.29, 0.717) is 17.9 Å². The Morgan fingerprint density at radius 3 is 2.55 bits per heavy atom. The first-order valence-corrected chi connectivity index (χ1v) is 7.38. The second-order valence-electron chi connectivity index (χ2n) is 5.49. The second-order valence-corrected chi connectivity index (χ2v) is 5.49. The Kier molecular flexibility index (Phi) is 5.01. The van der Waals surface area contributed by atoms with Crippen LogP contribution in [-0.2, 0) is 0 Å². The third-order valence-corrected chi connectivity index (χ3v) is 3.99. The SMILES string of the molecule is CCN(C)c1ccc(C(=O)NC(CCO)C2CC2)cc1. The number of carbonyl (C=O) groups excluding carboxylic acids is 1. The first-order valence-electron chi connectivity index (χ1n) is 7.38. The molecule has 0 bridgehead atoms. The molecule has 1 fully saturated rings. The largest absolute Gasteiger partial charge is 0.396 e. The third-order valence-electron chi connectivity index (χ3n) is 3.99. The Labute approximate surface area is 120 Å². The number of hydrogen-bond donors (Lipinski definition) is 2. The van der Waals surface area contributed by atoms with Gasteiger partial charge in [0.25, 0.3) is 5.91 Å². The smallest absolute Gasteiger partial charge is 0.251 e. The number of nitrogens with zero attached hydrogens (tertiary/aromatic N) is 1. The molecule has 0 heterocycles. The van der Waals surface area contributed by atoms with Gasteiger partial charge in [-0.05, 0) is 56.4 Å². The van der Waals surface area contributed by atoms with E-state index >= 15 is 0 Å². The van der Waals surface area contributed by atoms with Crippen molar-refractivity contribution < 1.29 is 9.90 Å². The van der Waals surface area contributed by atoms with Crippen LogP contribution in [0.15, 0.2) is 24.3 Å². The Balaban J connectivity index is 1.97. The van der Waals surface area contributed by atoms with Gasteiger partial charge in [-0.2, -0.15) is 0 Å². The average molecular weight is 276 g/mol. The van der Waals surface area contributed by atoms with E-state index in [1.807, 2.05) is 31.3 Å². The fourth-order valence-electron chi connectivity index (χ4n) is 2.36. The summed E-state index contributed by atoms with van der Waals surface area (Å²) < 4.78 is 0. The average Bonchev–Trinajstić information content (AvgIpc) is 3.30. The number of benzene rings is 1. The summed E-state index contributed by atoms with van der Waals surface area (Å²) in [6.07, 6.45) is 2.96. The Bertz CT molecular complexity index is 440. The predicted octanol–water partition coefficient (Wildman–Crippen LogP) is 2.03. The lowest BCUT2D eigenvalue weighted by Crippen LogP contribution is -2.37. The minimum absolute atomic E-state index is 0.0407. The van der Waals surface area contributed by atoms with E-state index in [2.05, 4.69) is 17.1 Å². The minimum atomic E-state index is -0.0407. The zero-order chi connectivity index (χ0) is 14.5. The third kappa shape index (κ3) is 3.73. The molecule has 1 aliphatic rings. The Morgan fingerprint density at radius 1 is 1.40 bits per heavy atom. The lowest BCUT2D eigenvalue weighted by molar-refractivity contribution is 0.0924. The number of rotatable bonds is 7. The minimum Gasteiger partial charge on any atom is -0.396 e. The van der Waals surface area contributed by atoms with Gasteiger partial charge >= 0.3 is 0 Å². The molecule has 110 valence electrons. The number of anilines is 1. The van der Waals surface area contributed by atoms with Gasteiger partial charge in [-0.3, -0.25) is 4.79 Å². The fraction of sp³-hybridized carbons (Fsp3) is 0.562. The molecule has 1 aliphatic carbocycles. The number of amides is 1. The molecule has 1 amide bonds. The summed E-state index contributed by atoms with van der Waals surface area (Å²) in [5.74, 6) is 0.512. The van der Waals surface area contributed by atoms with Gasteiger partial charge in [-0.1, -0.05) is 0 Å². The van der Waals surface area contributed by atoms with Crippen molar-refractivity contribution in [3.05, 3.63) is 29.8 Å². The summed E-state index contributed by atoms with van der Waals surface area (Å²) in [6, 6.07) is 7.78. The van der Waals surface area contributed by atoms with Crippen LogP contribution in [0, 0.1) is 5.92 Å². The molecular formula is C16H24N2O2. The van der Waals surface area contributed by atoms with E-state index < -0.39 is 0 Å². The van der Waals surface area contributed by atoms with E-state index in [4.69, 9.17) is 5.11 Å². The molecule has 0 aromatic heterocycles. The highest BCUT2D eigenvalue weighted by Crippen LogP contribution is 2.34. The summed E-state index contributed by atoms with van der Waals surface area (Å²) in [5, 5.41) is 12.1. The Hall–Kier alpha value is -1.55. The number of hydrogen-bond acceptors (Lipinski definition) is 3. The van der Waals surface area contributed by atoms with Crippen molar-refractivity contribution in [2.24, 2.45) is 5.92 Å². The molecule has 0 radical (unpaired) electrons. The number of carbonyl (C=O) groups is 1. The zero-order valence-electron chi connectivity index (χ0n) is 12.3. The predicted molar refractivity (Wildman–Crippen MR) is 81.1 cm³/mol. The number of aliphatic hydroxyl groups is 1. The molecule has 1 unspecified atom stereocenters. The van der Waals surface area contributed by atoms with Crippen molar-refractivity contribution in [2.45, 2.75) is 32.2 Å². The maximum absolute atomic E-state index is 12.2. The van der Waals surface area contributed by atoms with Crippen molar-refractivity contribution in [2.75, 3.05) is 25.1 Å². The van der Waals surface area contributed by atoms with E-state index in [1.54, 1.807) is 0 Å². The molecule has 1 atom stereocenters. The van der Waals surface area contributed by atoms with Crippen LogP contribution in [0.2, 0.25) is 0 Å². The molecule has 0 saturated heterocycles.